The van der Waals surface area contributed by atoms with Gasteiger partial charge in [-0.05, 0) is 37.6 Å². The van der Waals surface area contributed by atoms with Gasteiger partial charge in [-0.2, -0.15) is 0 Å². The molecule has 2 aromatic rings. The minimum atomic E-state index is 0.318. The molecule has 0 fully saturated rings. The second-order valence-corrected chi connectivity index (χ2v) is 5.70. The predicted molar refractivity (Wildman–Crippen MR) is 85.4 cm³/mol. The van der Waals surface area contributed by atoms with Crippen LogP contribution in [0.2, 0.25) is 0 Å². The van der Waals surface area contributed by atoms with E-state index < -0.39 is 0 Å². The van der Waals surface area contributed by atoms with Gasteiger partial charge in [-0.15, -0.1) is 11.3 Å². The molecule has 0 aliphatic heterocycles. The molecular formula is C15H22N4S. The van der Waals surface area contributed by atoms with Crippen molar-refractivity contribution in [3.8, 4) is 0 Å². The Labute approximate surface area is 124 Å². The molecule has 20 heavy (non-hydrogen) atoms. The molecule has 0 amide bonds. The fraction of sp³-hybridized carbons (Fsp3) is 0.467. The Hall–Kier alpha value is -1.46. The first kappa shape index (κ1) is 14.9. The van der Waals surface area contributed by atoms with Crippen molar-refractivity contribution in [1.29, 1.82) is 0 Å². The fourth-order valence-corrected chi connectivity index (χ4v) is 2.92. The zero-order valence-corrected chi connectivity index (χ0v) is 13.2. The van der Waals surface area contributed by atoms with Crippen molar-refractivity contribution in [2.75, 3.05) is 25.0 Å². The number of nitrogens with zero attached hydrogens (tertiary/aromatic N) is 3. The van der Waals surface area contributed by atoms with E-state index in [0.29, 0.717) is 6.04 Å². The molecule has 4 nitrogen and oxygen atoms in total. The lowest BCUT2D eigenvalue weighted by molar-refractivity contribution is 0.586. The van der Waals surface area contributed by atoms with Crippen LogP contribution < -0.4 is 10.2 Å². The standard InChI is InChI=1S/C15H22N4S/c1-4-17-12(2)14-11-20-15(18-14)19(3)10-7-13-5-8-16-9-6-13/h5-6,8-9,11-12,17H,4,7,10H2,1-3H3. The molecule has 108 valence electrons. The number of thiazole rings is 1. The van der Waals surface area contributed by atoms with Crippen LogP contribution >= 0.6 is 11.3 Å². The summed E-state index contributed by atoms with van der Waals surface area (Å²) in [5.41, 5.74) is 2.44. The van der Waals surface area contributed by atoms with Crippen molar-refractivity contribution in [3.05, 3.63) is 41.2 Å². The number of aromatic nitrogens is 2. The van der Waals surface area contributed by atoms with E-state index in [0.717, 1.165) is 30.3 Å². The van der Waals surface area contributed by atoms with Crippen LogP contribution in [0.5, 0.6) is 0 Å². The highest BCUT2D eigenvalue weighted by atomic mass is 32.1. The van der Waals surface area contributed by atoms with Crippen molar-refractivity contribution >= 4 is 16.5 Å². The fourth-order valence-electron chi connectivity index (χ4n) is 2.00. The van der Waals surface area contributed by atoms with Crippen molar-refractivity contribution in [2.45, 2.75) is 26.3 Å². The van der Waals surface area contributed by atoms with E-state index in [1.807, 2.05) is 12.4 Å². The summed E-state index contributed by atoms with van der Waals surface area (Å²) in [5.74, 6) is 0. The molecule has 1 atom stereocenters. The van der Waals surface area contributed by atoms with E-state index in [9.17, 15) is 0 Å². The van der Waals surface area contributed by atoms with Gasteiger partial charge >= 0.3 is 0 Å². The molecule has 0 saturated heterocycles. The lowest BCUT2D eigenvalue weighted by Crippen LogP contribution is -2.21. The summed E-state index contributed by atoms with van der Waals surface area (Å²) in [6, 6.07) is 4.45. The molecular weight excluding hydrogens is 268 g/mol. The highest BCUT2D eigenvalue weighted by molar-refractivity contribution is 7.13. The van der Waals surface area contributed by atoms with Crippen LogP contribution in [0.1, 0.15) is 31.1 Å². The average Bonchev–Trinajstić information content (AvgIpc) is 2.96. The second kappa shape index (κ2) is 7.36. The molecule has 0 radical (unpaired) electrons. The minimum Gasteiger partial charge on any atom is -0.351 e. The molecule has 2 aromatic heterocycles. The van der Waals surface area contributed by atoms with E-state index >= 15 is 0 Å². The smallest absolute Gasteiger partial charge is 0.185 e. The van der Waals surface area contributed by atoms with Crippen LogP contribution in [0.3, 0.4) is 0 Å². The molecule has 2 rings (SSSR count). The lowest BCUT2D eigenvalue weighted by atomic mass is 10.2. The Morgan fingerprint density at radius 1 is 1.35 bits per heavy atom. The third-order valence-corrected chi connectivity index (χ3v) is 4.25. The summed E-state index contributed by atoms with van der Waals surface area (Å²) in [4.78, 5) is 11.0. The van der Waals surface area contributed by atoms with E-state index in [2.05, 4.69) is 53.6 Å². The first-order chi connectivity index (χ1) is 9.70. The third-order valence-electron chi connectivity index (χ3n) is 3.28. The predicted octanol–water partition coefficient (Wildman–Crippen LogP) is 2.89. The maximum absolute atomic E-state index is 4.71. The number of hydrogen-bond donors (Lipinski definition) is 1. The Morgan fingerprint density at radius 3 is 2.80 bits per heavy atom. The van der Waals surface area contributed by atoms with Crippen LogP contribution in [-0.4, -0.2) is 30.1 Å². The third kappa shape index (κ3) is 4.02. The molecule has 2 heterocycles. The molecule has 5 heteroatoms. The van der Waals surface area contributed by atoms with Crippen molar-refractivity contribution in [3.63, 3.8) is 0 Å². The molecule has 0 saturated carbocycles. The van der Waals surface area contributed by atoms with Gasteiger partial charge < -0.3 is 10.2 Å². The van der Waals surface area contributed by atoms with Gasteiger partial charge in [-0.3, -0.25) is 4.98 Å². The summed E-state index contributed by atoms with van der Waals surface area (Å²) >= 11 is 1.71. The highest BCUT2D eigenvalue weighted by Crippen LogP contribution is 2.23. The first-order valence-corrected chi connectivity index (χ1v) is 7.87. The number of pyridine rings is 1. The van der Waals surface area contributed by atoms with Crippen LogP contribution in [0.15, 0.2) is 29.9 Å². The zero-order valence-electron chi connectivity index (χ0n) is 12.3. The number of hydrogen-bond acceptors (Lipinski definition) is 5. The Kier molecular flexibility index (Phi) is 5.49. The highest BCUT2D eigenvalue weighted by Gasteiger charge is 2.11. The van der Waals surface area contributed by atoms with Crippen LogP contribution in [0.4, 0.5) is 5.13 Å². The number of likely N-dealkylation sites (N-methyl/N-ethyl adjacent to an activating group) is 1. The zero-order chi connectivity index (χ0) is 14.4. The summed E-state index contributed by atoms with van der Waals surface area (Å²) in [5, 5.41) is 6.62. The summed E-state index contributed by atoms with van der Waals surface area (Å²) in [6.45, 7) is 6.20. The topological polar surface area (TPSA) is 41.0 Å². The molecule has 0 aliphatic carbocycles. The number of rotatable bonds is 7. The number of nitrogens with one attached hydrogen (secondary N) is 1. The first-order valence-electron chi connectivity index (χ1n) is 6.99. The van der Waals surface area contributed by atoms with Crippen molar-refractivity contribution in [2.24, 2.45) is 0 Å². The van der Waals surface area contributed by atoms with Gasteiger partial charge in [0.25, 0.3) is 0 Å². The summed E-state index contributed by atoms with van der Waals surface area (Å²) in [7, 11) is 2.10. The van der Waals surface area contributed by atoms with E-state index in [1.54, 1.807) is 11.3 Å². The lowest BCUT2D eigenvalue weighted by Gasteiger charge is -2.15. The Balaban J connectivity index is 1.91. The minimum absolute atomic E-state index is 0.318. The monoisotopic (exact) mass is 290 g/mol. The Bertz CT molecular complexity index is 512. The molecule has 1 unspecified atom stereocenters. The largest absolute Gasteiger partial charge is 0.351 e. The summed E-state index contributed by atoms with van der Waals surface area (Å²) < 4.78 is 0. The molecule has 0 aliphatic rings. The van der Waals surface area contributed by atoms with Gasteiger partial charge in [0, 0.05) is 37.4 Å². The molecule has 0 bridgehead atoms. The van der Waals surface area contributed by atoms with Gasteiger partial charge in [-0.25, -0.2) is 4.98 Å². The van der Waals surface area contributed by atoms with E-state index in [-0.39, 0.29) is 0 Å². The molecule has 1 N–H and O–H groups in total. The van der Waals surface area contributed by atoms with Gasteiger partial charge in [0.2, 0.25) is 0 Å². The van der Waals surface area contributed by atoms with Gasteiger partial charge in [-0.1, -0.05) is 6.92 Å². The van der Waals surface area contributed by atoms with Crippen molar-refractivity contribution < 1.29 is 0 Å². The quantitative estimate of drug-likeness (QED) is 0.851. The average molecular weight is 290 g/mol. The SMILES string of the molecule is CCNC(C)c1csc(N(C)CCc2ccncc2)n1. The van der Waals surface area contributed by atoms with E-state index in [4.69, 9.17) is 4.98 Å². The second-order valence-electron chi connectivity index (χ2n) is 4.86. The van der Waals surface area contributed by atoms with Crippen LogP contribution in [0.25, 0.3) is 0 Å². The van der Waals surface area contributed by atoms with Gasteiger partial charge in [0.05, 0.1) is 5.69 Å². The van der Waals surface area contributed by atoms with Gasteiger partial charge in [0.1, 0.15) is 0 Å². The maximum atomic E-state index is 4.71. The normalized spacial score (nSPS) is 12.3. The Morgan fingerprint density at radius 2 is 2.10 bits per heavy atom. The summed E-state index contributed by atoms with van der Waals surface area (Å²) in [6.07, 6.45) is 4.69. The van der Waals surface area contributed by atoms with E-state index in [1.165, 1.54) is 5.56 Å². The molecule has 0 spiro atoms. The number of anilines is 1. The van der Waals surface area contributed by atoms with Crippen LogP contribution in [0, 0.1) is 0 Å². The van der Waals surface area contributed by atoms with Gasteiger partial charge in [0.15, 0.2) is 5.13 Å². The maximum Gasteiger partial charge on any atom is 0.185 e. The van der Waals surface area contributed by atoms with Crippen LogP contribution in [-0.2, 0) is 6.42 Å². The molecule has 0 aromatic carbocycles. The van der Waals surface area contributed by atoms with Crippen molar-refractivity contribution in [1.82, 2.24) is 15.3 Å².